The van der Waals surface area contributed by atoms with E-state index >= 15 is 0 Å². The molecule has 0 atom stereocenters. The minimum absolute atomic E-state index is 0.569. The Bertz CT molecular complexity index is 3590. The van der Waals surface area contributed by atoms with Crippen molar-refractivity contribution < 1.29 is 4.42 Å². The highest BCUT2D eigenvalue weighted by atomic mass is 32.1. The van der Waals surface area contributed by atoms with Gasteiger partial charge in [-0.05, 0) is 64.7 Å². The molecule has 0 spiro atoms. The predicted octanol–water partition coefficient (Wildman–Crippen LogP) is 14.9. The SMILES string of the molecule is c1ccc(N(c2cc(-c3nc(-c4ccc5ccccc5c4)nc(-c4cccc5sc6ccccc6c45)n3)c3c(c2)oc2ccccc23)c2cccc3ccccc23)cc1. The van der Waals surface area contributed by atoms with Crippen molar-refractivity contribution in [1.82, 2.24) is 15.0 Å². The normalized spacial score (nSPS) is 11.7. The van der Waals surface area contributed by atoms with Gasteiger partial charge in [-0.15, -0.1) is 11.3 Å². The second-order valence-electron chi connectivity index (χ2n) is 14.8. The molecule has 0 bridgehead atoms. The second-order valence-corrected chi connectivity index (χ2v) is 15.9. The van der Waals surface area contributed by atoms with Crippen LogP contribution in [0.15, 0.2) is 199 Å². The average molecular weight is 773 g/mol. The fourth-order valence-electron chi connectivity index (χ4n) is 8.59. The first-order chi connectivity index (χ1) is 29.2. The summed E-state index contributed by atoms with van der Waals surface area (Å²) < 4.78 is 9.16. The molecule has 0 unspecified atom stereocenters. The lowest BCUT2D eigenvalue weighted by Crippen LogP contribution is -2.11. The van der Waals surface area contributed by atoms with E-state index in [4.69, 9.17) is 19.4 Å². The lowest BCUT2D eigenvalue weighted by molar-refractivity contribution is 0.669. The molecule has 0 N–H and O–H groups in total. The number of hydrogen-bond donors (Lipinski definition) is 0. The standard InChI is InChI=1S/C53H32N4OS/c1-2-18-37(19-3-1)57(44-24-12-17-34-15-6-7-20-39(34)44)38-31-43(49-40-21-8-10-25-45(40)58-46(49)32-38)53-55-51(36-29-28-33-14-4-5-16-35(33)30-36)54-52(56-53)42-23-13-27-48-50(42)41-22-9-11-26-47(41)59-48/h1-32H. The first-order valence-electron chi connectivity index (χ1n) is 19.7. The maximum absolute atomic E-state index is 6.74. The minimum atomic E-state index is 0.569. The van der Waals surface area contributed by atoms with Crippen molar-refractivity contribution in [1.29, 1.82) is 0 Å². The second kappa shape index (κ2) is 13.5. The Kier molecular flexibility index (Phi) is 7.64. The number of para-hydroxylation sites is 2. The van der Waals surface area contributed by atoms with E-state index in [2.05, 4.69) is 187 Å². The Labute approximate surface area is 343 Å². The number of anilines is 3. The van der Waals surface area contributed by atoms with Crippen LogP contribution in [-0.2, 0) is 0 Å². The lowest BCUT2D eigenvalue weighted by Gasteiger charge is -2.27. The van der Waals surface area contributed by atoms with Crippen LogP contribution in [0.4, 0.5) is 17.1 Å². The summed E-state index contributed by atoms with van der Waals surface area (Å²) >= 11 is 1.79. The molecule has 0 aliphatic rings. The van der Waals surface area contributed by atoms with Crippen LogP contribution in [0.25, 0.3) is 97.8 Å². The summed E-state index contributed by atoms with van der Waals surface area (Å²) in [5, 5.41) is 8.88. The predicted molar refractivity (Wildman–Crippen MR) is 246 cm³/mol. The lowest BCUT2D eigenvalue weighted by atomic mass is 10.0. The van der Waals surface area contributed by atoms with E-state index in [0.717, 1.165) is 82.6 Å². The number of thiophene rings is 1. The zero-order chi connectivity index (χ0) is 38.9. The van der Waals surface area contributed by atoms with E-state index < -0.39 is 0 Å². The average Bonchev–Trinajstić information content (AvgIpc) is 3.88. The number of nitrogens with zero attached hydrogens (tertiary/aromatic N) is 4. The van der Waals surface area contributed by atoms with Gasteiger partial charge in [0.15, 0.2) is 17.5 Å². The third kappa shape index (κ3) is 5.57. The van der Waals surface area contributed by atoms with Crippen LogP contribution in [0, 0.1) is 0 Å². The van der Waals surface area contributed by atoms with Gasteiger partial charge in [0.2, 0.25) is 0 Å². The zero-order valence-corrected chi connectivity index (χ0v) is 32.4. The molecule has 12 aromatic rings. The first kappa shape index (κ1) is 33.5. The van der Waals surface area contributed by atoms with Crippen molar-refractivity contribution in [2.24, 2.45) is 0 Å². The summed E-state index contributed by atoms with van der Waals surface area (Å²) in [7, 11) is 0. The number of rotatable bonds is 6. The molecule has 12 rings (SSSR count). The van der Waals surface area contributed by atoms with Crippen LogP contribution in [0.5, 0.6) is 0 Å². The van der Waals surface area contributed by atoms with E-state index in [0.29, 0.717) is 17.5 Å². The molecule has 0 aliphatic heterocycles. The molecule has 3 aromatic heterocycles. The fourth-order valence-corrected chi connectivity index (χ4v) is 9.72. The summed E-state index contributed by atoms with van der Waals surface area (Å²) in [6.45, 7) is 0. The molecule has 0 amide bonds. The molecule has 9 aromatic carbocycles. The van der Waals surface area contributed by atoms with Gasteiger partial charge in [-0.2, -0.15) is 0 Å². The molecular formula is C53H32N4OS. The van der Waals surface area contributed by atoms with Crippen molar-refractivity contribution >= 4 is 92.1 Å². The maximum Gasteiger partial charge on any atom is 0.164 e. The van der Waals surface area contributed by atoms with E-state index in [-0.39, 0.29) is 0 Å². The molecule has 59 heavy (non-hydrogen) atoms. The Morgan fingerprint density at radius 3 is 1.93 bits per heavy atom. The molecule has 5 nitrogen and oxygen atoms in total. The third-order valence-electron chi connectivity index (χ3n) is 11.3. The summed E-state index contributed by atoms with van der Waals surface area (Å²) in [5.41, 5.74) is 7.30. The van der Waals surface area contributed by atoms with Gasteiger partial charge in [0, 0.05) is 64.8 Å². The number of aromatic nitrogens is 3. The monoisotopic (exact) mass is 772 g/mol. The van der Waals surface area contributed by atoms with Crippen LogP contribution in [-0.4, -0.2) is 15.0 Å². The molecule has 0 saturated heterocycles. The van der Waals surface area contributed by atoms with Crippen molar-refractivity contribution in [3.05, 3.63) is 194 Å². The fraction of sp³-hybridized carbons (Fsp3) is 0. The Morgan fingerprint density at radius 1 is 0.390 bits per heavy atom. The summed E-state index contributed by atoms with van der Waals surface area (Å²) in [6.07, 6.45) is 0. The number of benzene rings is 9. The highest BCUT2D eigenvalue weighted by Gasteiger charge is 2.24. The van der Waals surface area contributed by atoms with E-state index in [1.807, 2.05) is 12.1 Å². The highest BCUT2D eigenvalue weighted by molar-refractivity contribution is 7.25. The maximum atomic E-state index is 6.74. The zero-order valence-electron chi connectivity index (χ0n) is 31.6. The summed E-state index contributed by atoms with van der Waals surface area (Å²) in [6, 6.07) is 68.0. The Hall–Kier alpha value is -7.67. The van der Waals surface area contributed by atoms with Gasteiger partial charge in [-0.1, -0.05) is 140 Å². The van der Waals surface area contributed by atoms with E-state index in [9.17, 15) is 0 Å². The van der Waals surface area contributed by atoms with Crippen molar-refractivity contribution in [3.8, 4) is 34.2 Å². The Morgan fingerprint density at radius 2 is 1.05 bits per heavy atom. The summed E-state index contributed by atoms with van der Waals surface area (Å²) in [4.78, 5) is 18.5. The highest BCUT2D eigenvalue weighted by Crippen LogP contribution is 2.46. The first-order valence-corrected chi connectivity index (χ1v) is 20.5. The molecule has 0 radical (unpaired) electrons. The van der Waals surface area contributed by atoms with Gasteiger partial charge >= 0.3 is 0 Å². The Balaban J connectivity index is 1.18. The molecule has 0 fully saturated rings. The van der Waals surface area contributed by atoms with Crippen LogP contribution < -0.4 is 4.90 Å². The van der Waals surface area contributed by atoms with Crippen molar-refractivity contribution in [3.63, 3.8) is 0 Å². The minimum Gasteiger partial charge on any atom is -0.456 e. The molecule has 3 heterocycles. The van der Waals surface area contributed by atoms with E-state index in [1.54, 1.807) is 11.3 Å². The molecule has 0 aliphatic carbocycles. The number of furan rings is 1. The molecule has 0 saturated carbocycles. The van der Waals surface area contributed by atoms with Gasteiger partial charge < -0.3 is 9.32 Å². The van der Waals surface area contributed by atoms with Crippen molar-refractivity contribution in [2.45, 2.75) is 0 Å². The quantitative estimate of drug-likeness (QED) is 0.168. The smallest absolute Gasteiger partial charge is 0.164 e. The molecule has 6 heteroatoms. The van der Waals surface area contributed by atoms with Crippen LogP contribution in [0.3, 0.4) is 0 Å². The third-order valence-corrected chi connectivity index (χ3v) is 12.4. The number of fused-ring (bicyclic) bond motifs is 8. The van der Waals surface area contributed by atoms with Gasteiger partial charge in [0.1, 0.15) is 11.2 Å². The van der Waals surface area contributed by atoms with E-state index in [1.165, 1.54) is 14.8 Å². The van der Waals surface area contributed by atoms with Gasteiger partial charge in [0.25, 0.3) is 0 Å². The van der Waals surface area contributed by atoms with Crippen LogP contribution >= 0.6 is 11.3 Å². The van der Waals surface area contributed by atoms with Crippen LogP contribution in [0.2, 0.25) is 0 Å². The summed E-state index contributed by atoms with van der Waals surface area (Å²) in [5.74, 6) is 1.79. The molecule has 276 valence electrons. The van der Waals surface area contributed by atoms with Crippen LogP contribution in [0.1, 0.15) is 0 Å². The van der Waals surface area contributed by atoms with Crippen molar-refractivity contribution in [2.75, 3.05) is 4.90 Å². The largest absolute Gasteiger partial charge is 0.456 e. The topological polar surface area (TPSA) is 55.1 Å². The van der Waals surface area contributed by atoms with Gasteiger partial charge in [-0.25, -0.2) is 15.0 Å². The van der Waals surface area contributed by atoms with Gasteiger partial charge in [-0.3, -0.25) is 0 Å². The molecular weight excluding hydrogens is 741 g/mol. The van der Waals surface area contributed by atoms with Gasteiger partial charge in [0.05, 0.1) is 11.4 Å². The number of hydrogen-bond acceptors (Lipinski definition) is 6.